The van der Waals surface area contributed by atoms with E-state index < -0.39 is 17.9 Å². The van der Waals surface area contributed by atoms with Crippen molar-refractivity contribution in [2.24, 2.45) is 0 Å². The lowest BCUT2D eigenvalue weighted by atomic mass is 9.84. The molecule has 0 radical (unpaired) electrons. The molecule has 0 spiro atoms. The second kappa shape index (κ2) is 14.5. The smallest absolute Gasteiger partial charge is 0.326 e. The number of ether oxygens (including phenoxy) is 1. The van der Waals surface area contributed by atoms with Gasteiger partial charge in [0.05, 0.1) is 7.11 Å². The normalized spacial score (nSPS) is 14.1. The fourth-order valence-corrected chi connectivity index (χ4v) is 5.86. The molecule has 1 aliphatic rings. The average molecular weight is 577 g/mol. The third-order valence-electron chi connectivity index (χ3n) is 8.34. The molecule has 0 heterocycles. The molecule has 43 heavy (non-hydrogen) atoms. The standard InChI is InChI=1S/C37H40N2O4/c1-43-34-22-14-29(15-23-34)26-39(33-20-18-31(19-21-33)30-10-6-3-7-11-30)25-28-12-16-32(17-13-28)36(40)38-35(37(41)42)24-27-8-4-2-5-9-27/h2,4-5,8-9,12-23,30,35H,3,6-7,10-11,24-26H2,1H3,(H,38,40)(H,41,42). The lowest BCUT2D eigenvalue weighted by molar-refractivity contribution is -0.139. The van der Waals surface area contributed by atoms with Gasteiger partial charge < -0.3 is 20.1 Å². The number of rotatable bonds is 12. The molecule has 6 nitrogen and oxygen atoms in total. The lowest BCUT2D eigenvalue weighted by Crippen LogP contribution is -2.42. The lowest BCUT2D eigenvalue weighted by Gasteiger charge is -2.27. The summed E-state index contributed by atoms with van der Waals surface area (Å²) in [5.41, 5.74) is 6.08. The number of hydrogen-bond donors (Lipinski definition) is 2. The maximum Gasteiger partial charge on any atom is 0.326 e. The fourth-order valence-electron chi connectivity index (χ4n) is 5.86. The minimum atomic E-state index is -1.06. The zero-order valence-corrected chi connectivity index (χ0v) is 24.7. The Morgan fingerprint density at radius 1 is 0.791 bits per heavy atom. The van der Waals surface area contributed by atoms with Crippen LogP contribution in [0.1, 0.15) is 70.6 Å². The van der Waals surface area contributed by atoms with Crippen molar-refractivity contribution in [2.45, 2.75) is 63.6 Å². The number of benzene rings is 4. The number of aliphatic carboxylic acids is 1. The van der Waals surface area contributed by atoms with Gasteiger partial charge in [-0.05, 0) is 77.4 Å². The van der Waals surface area contributed by atoms with Gasteiger partial charge in [-0.15, -0.1) is 0 Å². The van der Waals surface area contributed by atoms with Gasteiger partial charge in [-0.3, -0.25) is 4.79 Å². The highest BCUT2D eigenvalue weighted by Crippen LogP contribution is 2.34. The molecule has 6 heteroatoms. The number of amides is 1. The molecule has 0 aromatic heterocycles. The summed E-state index contributed by atoms with van der Waals surface area (Å²) in [6.45, 7) is 1.37. The van der Waals surface area contributed by atoms with Gasteiger partial charge >= 0.3 is 5.97 Å². The van der Waals surface area contributed by atoms with Crippen molar-refractivity contribution < 1.29 is 19.4 Å². The van der Waals surface area contributed by atoms with Crippen LogP contribution >= 0.6 is 0 Å². The van der Waals surface area contributed by atoms with Gasteiger partial charge in [-0.2, -0.15) is 0 Å². The molecular formula is C37H40N2O4. The van der Waals surface area contributed by atoms with Crippen LogP contribution in [0.25, 0.3) is 0 Å². The van der Waals surface area contributed by atoms with E-state index in [0.29, 0.717) is 18.0 Å². The molecule has 0 bridgehead atoms. The molecule has 222 valence electrons. The number of hydrogen-bond acceptors (Lipinski definition) is 4. The first-order valence-corrected chi connectivity index (χ1v) is 15.1. The summed E-state index contributed by atoms with van der Waals surface area (Å²) >= 11 is 0. The first-order valence-electron chi connectivity index (χ1n) is 15.1. The summed E-state index contributed by atoms with van der Waals surface area (Å²) in [6, 6.07) is 32.9. The van der Waals surface area contributed by atoms with Crippen LogP contribution in [0, 0.1) is 0 Å². The molecule has 1 amide bonds. The Balaban J connectivity index is 1.29. The summed E-state index contributed by atoms with van der Waals surface area (Å²) < 4.78 is 5.34. The predicted molar refractivity (Wildman–Crippen MR) is 171 cm³/mol. The van der Waals surface area contributed by atoms with E-state index in [4.69, 9.17) is 4.74 Å². The van der Waals surface area contributed by atoms with E-state index in [1.807, 2.05) is 54.6 Å². The van der Waals surface area contributed by atoms with Crippen molar-refractivity contribution in [3.05, 3.63) is 131 Å². The largest absolute Gasteiger partial charge is 0.497 e. The Morgan fingerprint density at radius 3 is 1.98 bits per heavy atom. The summed E-state index contributed by atoms with van der Waals surface area (Å²) in [4.78, 5) is 27.2. The molecule has 0 aliphatic heterocycles. The number of carboxylic acid groups (broad SMARTS) is 1. The third kappa shape index (κ3) is 8.25. The zero-order valence-electron chi connectivity index (χ0n) is 24.7. The van der Waals surface area contributed by atoms with Crippen LogP contribution in [0.2, 0.25) is 0 Å². The van der Waals surface area contributed by atoms with Crippen molar-refractivity contribution in [1.29, 1.82) is 0 Å². The van der Waals surface area contributed by atoms with Crippen LogP contribution in [-0.2, 0) is 24.3 Å². The Labute approximate surface area is 254 Å². The van der Waals surface area contributed by atoms with Crippen LogP contribution in [0.4, 0.5) is 5.69 Å². The van der Waals surface area contributed by atoms with Gasteiger partial charge in [0.1, 0.15) is 11.8 Å². The van der Waals surface area contributed by atoms with Crippen LogP contribution in [-0.4, -0.2) is 30.1 Å². The average Bonchev–Trinajstić information content (AvgIpc) is 3.05. The quantitative estimate of drug-likeness (QED) is 0.184. The molecule has 1 aliphatic carbocycles. The van der Waals surface area contributed by atoms with E-state index in [0.717, 1.165) is 29.1 Å². The number of carboxylic acids is 1. The molecule has 0 saturated heterocycles. The fraction of sp³-hybridized carbons (Fsp3) is 0.297. The topological polar surface area (TPSA) is 78.9 Å². The Hall–Kier alpha value is -4.58. The maximum atomic E-state index is 13.0. The van der Waals surface area contributed by atoms with E-state index in [1.54, 1.807) is 19.2 Å². The van der Waals surface area contributed by atoms with Crippen LogP contribution in [0.15, 0.2) is 103 Å². The van der Waals surface area contributed by atoms with E-state index in [9.17, 15) is 14.7 Å². The molecule has 1 atom stereocenters. The second-order valence-electron chi connectivity index (χ2n) is 11.4. The molecular weight excluding hydrogens is 536 g/mol. The van der Waals surface area contributed by atoms with Gasteiger partial charge in [0, 0.05) is 30.8 Å². The number of methoxy groups -OCH3 is 1. The summed E-state index contributed by atoms with van der Waals surface area (Å²) in [5, 5.41) is 12.4. The SMILES string of the molecule is COc1ccc(CN(Cc2ccc(C(=O)NC(Cc3ccccc3)C(=O)O)cc2)c2ccc(C3CCCCC3)cc2)cc1. The molecule has 4 aromatic rings. The number of nitrogens with zero attached hydrogens (tertiary/aromatic N) is 1. The van der Waals surface area contributed by atoms with Gasteiger partial charge in [0.2, 0.25) is 0 Å². The number of anilines is 1. The van der Waals surface area contributed by atoms with Crippen LogP contribution < -0.4 is 15.0 Å². The van der Waals surface area contributed by atoms with Gasteiger partial charge in [-0.25, -0.2) is 4.79 Å². The maximum absolute atomic E-state index is 13.0. The molecule has 5 rings (SSSR count). The van der Waals surface area contributed by atoms with E-state index in [-0.39, 0.29) is 6.42 Å². The van der Waals surface area contributed by atoms with E-state index in [1.165, 1.54) is 43.2 Å². The van der Waals surface area contributed by atoms with Gasteiger partial charge in [0.25, 0.3) is 5.91 Å². The van der Waals surface area contributed by atoms with Crippen molar-refractivity contribution in [1.82, 2.24) is 5.32 Å². The highest BCUT2D eigenvalue weighted by atomic mass is 16.5. The van der Waals surface area contributed by atoms with Crippen molar-refractivity contribution in [3.8, 4) is 5.75 Å². The predicted octanol–water partition coefficient (Wildman–Crippen LogP) is 7.38. The zero-order chi connectivity index (χ0) is 30.0. The highest BCUT2D eigenvalue weighted by molar-refractivity contribution is 5.96. The van der Waals surface area contributed by atoms with Crippen molar-refractivity contribution >= 4 is 17.6 Å². The highest BCUT2D eigenvalue weighted by Gasteiger charge is 2.21. The summed E-state index contributed by atoms with van der Waals surface area (Å²) in [5.74, 6) is 0.0284. The molecule has 1 fully saturated rings. The molecule has 2 N–H and O–H groups in total. The number of carbonyl (C=O) groups excluding carboxylic acids is 1. The Kier molecular flexibility index (Phi) is 10.1. The van der Waals surface area contributed by atoms with Gasteiger partial charge in [-0.1, -0.05) is 86.0 Å². The third-order valence-corrected chi connectivity index (χ3v) is 8.34. The van der Waals surface area contributed by atoms with Crippen molar-refractivity contribution in [2.75, 3.05) is 12.0 Å². The Bertz CT molecular complexity index is 1460. The minimum absolute atomic E-state index is 0.222. The first kappa shape index (κ1) is 29.9. The minimum Gasteiger partial charge on any atom is -0.497 e. The molecule has 4 aromatic carbocycles. The van der Waals surface area contributed by atoms with Crippen LogP contribution in [0.3, 0.4) is 0 Å². The first-order chi connectivity index (χ1) is 21.0. The van der Waals surface area contributed by atoms with E-state index >= 15 is 0 Å². The number of nitrogens with one attached hydrogen (secondary N) is 1. The summed E-state index contributed by atoms with van der Waals surface area (Å²) in [6.07, 6.45) is 6.74. The summed E-state index contributed by atoms with van der Waals surface area (Å²) in [7, 11) is 1.67. The van der Waals surface area contributed by atoms with Crippen molar-refractivity contribution in [3.63, 3.8) is 0 Å². The monoisotopic (exact) mass is 576 g/mol. The Morgan fingerprint density at radius 2 is 1.40 bits per heavy atom. The second-order valence-corrected chi connectivity index (χ2v) is 11.4. The van der Waals surface area contributed by atoms with E-state index in [2.05, 4.69) is 46.6 Å². The molecule has 1 unspecified atom stereocenters. The molecule has 1 saturated carbocycles. The van der Waals surface area contributed by atoms with Crippen LogP contribution in [0.5, 0.6) is 5.75 Å². The number of carbonyl (C=O) groups is 2. The van der Waals surface area contributed by atoms with Gasteiger partial charge in [0.15, 0.2) is 0 Å².